The van der Waals surface area contributed by atoms with Gasteiger partial charge >= 0.3 is 0 Å². The van der Waals surface area contributed by atoms with Gasteiger partial charge in [-0.25, -0.2) is 4.98 Å². The lowest BCUT2D eigenvalue weighted by molar-refractivity contribution is 0.302. The van der Waals surface area contributed by atoms with E-state index in [4.69, 9.17) is 5.73 Å². The predicted octanol–water partition coefficient (Wildman–Crippen LogP) is 3.83. The van der Waals surface area contributed by atoms with Crippen LogP contribution in [0.5, 0.6) is 0 Å². The minimum atomic E-state index is -0.141. The van der Waals surface area contributed by atoms with Crippen molar-refractivity contribution in [3.05, 3.63) is 42.1 Å². The average molecular weight is 265 g/mol. The second-order valence-electron chi connectivity index (χ2n) is 6.00. The molecule has 2 heterocycles. The highest BCUT2D eigenvalue weighted by Gasteiger charge is 2.29. The van der Waals surface area contributed by atoms with Crippen molar-refractivity contribution in [1.29, 1.82) is 0 Å². The number of hydrogen-bond acceptors (Lipinski definition) is 2. The van der Waals surface area contributed by atoms with Crippen molar-refractivity contribution in [1.82, 2.24) is 9.97 Å². The molecule has 1 aromatic carbocycles. The minimum Gasteiger partial charge on any atom is -0.339 e. The van der Waals surface area contributed by atoms with Gasteiger partial charge in [-0.05, 0) is 42.7 Å². The summed E-state index contributed by atoms with van der Waals surface area (Å²) in [6.45, 7) is 0. The van der Waals surface area contributed by atoms with E-state index in [2.05, 4.69) is 34.2 Å². The van der Waals surface area contributed by atoms with Crippen molar-refractivity contribution in [3.63, 3.8) is 0 Å². The number of aromatic amines is 1. The SMILES string of the molecule is NC1(c2ccc3[nH]c4ncccc4c3c2)CCCCC1. The normalized spacial score (nSPS) is 18.6. The molecule has 1 saturated carbocycles. The highest BCUT2D eigenvalue weighted by Crippen LogP contribution is 2.36. The van der Waals surface area contributed by atoms with Gasteiger partial charge in [0, 0.05) is 28.0 Å². The summed E-state index contributed by atoms with van der Waals surface area (Å²) in [6.07, 6.45) is 7.81. The van der Waals surface area contributed by atoms with E-state index < -0.39 is 0 Å². The van der Waals surface area contributed by atoms with Crippen LogP contribution in [0.4, 0.5) is 0 Å². The maximum atomic E-state index is 6.66. The lowest BCUT2D eigenvalue weighted by Crippen LogP contribution is -2.38. The second-order valence-corrected chi connectivity index (χ2v) is 6.00. The van der Waals surface area contributed by atoms with Crippen LogP contribution in [0, 0.1) is 0 Å². The van der Waals surface area contributed by atoms with Crippen LogP contribution in [0.15, 0.2) is 36.5 Å². The first-order chi connectivity index (χ1) is 9.76. The Labute approximate surface area is 118 Å². The zero-order valence-corrected chi connectivity index (χ0v) is 11.5. The molecule has 2 aromatic heterocycles. The molecule has 3 N–H and O–H groups in total. The molecule has 4 rings (SSSR count). The molecule has 1 aliphatic carbocycles. The molecule has 0 atom stereocenters. The summed E-state index contributed by atoms with van der Waals surface area (Å²) in [4.78, 5) is 7.76. The first-order valence-corrected chi connectivity index (χ1v) is 7.42. The first kappa shape index (κ1) is 11.9. The molecule has 1 fully saturated rings. The van der Waals surface area contributed by atoms with E-state index in [1.54, 1.807) is 0 Å². The standard InChI is InChI=1S/C17H19N3/c18-17(8-2-1-3-9-17)12-6-7-15-14(11-12)13-5-4-10-19-16(13)20-15/h4-7,10-11H,1-3,8-9,18H2,(H,19,20). The summed E-state index contributed by atoms with van der Waals surface area (Å²) in [5.74, 6) is 0. The number of nitrogens with two attached hydrogens (primary N) is 1. The Balaban J connectivity index is 1.91. The first-order valence-electron chi connectivity index (χ1n) is 7.42. The number of H-pyrrole nitrogens is 1. The molecule has 0 bridgehead atoms. The van der Waals surface area contributed by atoms with E-state index in [-0.39, 0.29) is 5.54 Å². The predicted molar refractivity (Wildman–Crippen MR) is 82.6 cm³/mol. The van der Waals surface area contributed by atoms with Crippen LogP contribution >= 0.6 is 0 Å². The third kappa shape index (κ3) is 1.74. The van der Waals surface area contributed by atoms with Crippen molar-refractivity contribution in [2.24, 2.45) is 5.73 Å². The van der Waals surface area contributed by atoms with Gasteiger partial charge in [0.15, 0.2) is 0 Å². The monoisotopic (exact) mass is 265 g/mol. The van der Waals surface area contributed by atoms with Crippen LogP contribution in [-0.2, 0) is 5.54 Å². The van der Waals surface area contributed by atoms with Crippen molar-refractivity contribution >= 4 is 21.9 Å². The quantitative estimate of drug-likeness (QED) is 0.702. The number of benzene rings is 1. The molecule has 0 radical (unpaired) electrons. The van der Waals surface area contributed by atoms with Crippen molar-refractivity contribution in [2.75, 3.05) is 0 Å². The van der Waals surface area contributed by atoms with Crippen LogP contribution in [0.1, 0.15) is 37.7 Å². The summed E-state index contributed by atoms with van der Waals surface area (Å²) >= 11 is 0. The molecule has 20 heavy (non-hydrogen) atoms. The number of aromatic nitrogens is 2. The maximum absolute atomic E-state index is 6.66. The van der Waals surface area contributed by atoms with Crippen molar-refractivity contribution in [3.8, 4) is 0 Å². The average Bonchev–Trinajstić information content (AvgIpc) is 2.86. The topological polar surface area (TPSA) is 54.7 Å². The molecule has 0 amide bonds. The Bertz CT molecular complexity index is 766. The summed E-state index contributed by atoms with van der Waals surface area (Å²) in [6, 6.07) is 10.7. The van der Waals surface area contributed by atoms with Crippen LogP contribution in [0.3, 0.4) is 0 Å². The molecular formula is C17H19N3. The molecule has 3 aromatic rings. The van der Waals surface area contributed by atoms with E-state index in [9.17, 15) is 0 Å². The smallest absolute Gasteiger partial charge is 0.138 e. The number of hydrogen-bond donors (Lipinski definition) is 2. The van der Waals surface area contributed by atoms with E-state index >= 15 is 0 Å². The van der Waals surface area contributed by atoms with Gasteiger partial charge in [0.25, 0.3) is 0 Å². The molecule has 0 saturated heterocycles. The molecule has 0 unspecified atom stereocenters. The van der Waals surface area contributed by atoms with E-state index in [0.29, 0.717) is 0 Å². The Hall–Kier alpha value is -1.87. The van der Waals surface area contributed by atoms with E-state index in [0.717, 1.165) is 24.0 Å². The summed E-state index contributed by atoms with van der Waals surface area (Å²) in [5.41, 5.74) is 9.88. The summed E-state index contributed by atoms with van der Waals surface area (Å²) in [5, 5.41) is 2.42. The fourth-order valence-electron chi connectivity index (χ4n) is 3.51. The van der Waals surface area contributed by atoms with Gasteiger partial charge in [-0.1, -0.05) is 25.3 Å². The number of fused-ring (bicyclic) bond motifs is 3. The van der Waals surface area contributed by atoms with Gasteiger partial charge in [-0.3, -0.25) is 0 Å². The van der Waals surface area contributed by atoms with Gasteiger partial charge in [-0.2, -0.15) is 0 Å². The number of rotatable bonds is 1. The maximum Gasteiger partial charge on any atom is 0.138 e. The highest BCUT2D eigenvalue weighted by atomic mass is 14.8. The lowest BCUT2D eigenvalue weighted by atomic mass is 9.77. The van der Waals surface area contributed by atoms with Crippen LogP contribution in [0.25, 0.3) is 21.9 Å². The van der Waals surface area contributed by atoms with Crippen LogP contribution in [-0.4, -0.2) is 9.97 Å². The molecular weight excluding hydrogens is 246 g/mol. The fraction of sp³-hybridized carbons (Fsp3) is 0.353. The molecule has 3 heteroatoms. The molecule has 0 spiro atoms. The molecule has 0 aliphatic heterocycles. The van der Waals surface area contributed by atoms with Crippen LogP contribution < -0.4 is 5.73 Å². The fourth-order valence-corrected chi connectivity index (χ4v) is 3.51. The Morgan fingerprint density at radius 3 is 2.75 bits per heavy atom. The third-order valence-electron chi connectivity index (χ3n) is 4.69. The zero-order valence-electron chi connectivity index (χ0n) is 11.5. The highest BCUT2D eigenvalue weighted by molar-refractivity contribution is 6.05. The number of nitrogens with one attached hydrogen (secondary N) is 1. The van der Waals surface area contributed by atoms with Gasteiger partial charge in [0.1, 0.15) is 5.65 Å². The van der Waals surface area contributed by atoms with E-state index in [1.807, 2.05) is 12.3 Å². The Kier molecular flexibility index (Phi) is 2.57. The third-order valence-corrected chi connectivity index (χ3v) is 4.69. The molecule has 3 nitrogen and oxygen atoms in total. The molecule has 1 aliphatic rings. The minimum absolute atomic E-state index is 0.141. The Morgan fingerprint density at radius 1 is 1.05 bits per heavy atom. The number of nitrogens with zero attached hydrogens (tertiary/aromatic N) is 1. The summed E-state index contributed by atoms with van der Waals surface area (Å²) in [7, 11) is 0. The van der Waals surface area contributed by atoms with Crippen LogP contribution in [0.2, 0.25) is 0 Å². The van der Waals surface area contributed by atoms with Crippen molar-refractivity contribution in [2.45, 2.75) is 37.6 Å². The Morgan fingerprint density at radius 2 is 1.90 bits per heavy atom. The largest absolute Gasteiger partial charge is 0.339 e. The lowest BCUT2D eigenvalue weighted by Gasteiger charge is -2.34. The second kappa shape index (κ2) is 4.32. The van der Waals surface area contributed by atoms with Crippen molar-refractivity contribution < 1.29 is 0 Å². The van der Waals surface area contributed by atoms with Gasteiger partial charge in [0.05, 0.1) is 0 Å². The van der Waals surface area contributed by atoms with Gasteiger partial charge in [-0.15, -0.1) is 0 Å². The van der Waals surface area contributed by atoms with E-state index in [1.165, 1.54) is 35.6 Å². The number of pyridine rings is 1. The zero-order chi connectivity index (χ0) is 13.6. The summed E-state index contributed by atoms with van der Waals surface area (Å²) < 4.78 is 0. The van der Waals surface area contributed by atoms with Gasteiger partial charge < -0.3 is 10.7 Å². The van der Waals surface area contributed by atoms with Gasteiger partial charge in [0.2, 0.25) is 0 Å². The molecule has 102 valence electrons.